The van der Waals surface area contributed by atoms with Crippen LogP contribution in [-0.4, -0.2) is 45.8 Å². The predicted octanol–water partition coefficient (Wildman–Crippen LogP) is 2.42. The number of benzene rings is 1. The van der Waals surface area contributed by atoms with Gasteiger partial charge in [-0.05, 0) is 37.1 Å². The summed E-state index contributed by atoms with van der Waals surface area (Å²) in [5.41, 5.74) is 0.732. The second-order valence-electron chi connectivity index (χ2n) is 5.67. The predicted molar refractivity (Wildman–Crippen MR) is 91.7 cm³/mol. The molecule has 26 heavy (non-hydrogen) atoms. The van der Waals surface area contributed by atoms with Crippen molar-refractivity contribution >= 4 is 17.7 Å². The number of halogens is 1. The zero-order valence-corrected chi connectivity index (χ0v) is 14.7. The number of hydrogen-bond acceptors (Lipinski definition) is 7. The lowest BCUT2D eigenvalue weighted by molar-refractivity contribution is -0.139. The number of thioether (sulfide) groups is 1. The van der Waals surface area contributed by atoms with Crippen molar-refractivity contribution in [3.05, 3.63) is 30.1 Å². The molecule has 2 aromatic rings. The van der Waals surface area contributed by atoms with E-state index in [9.17, 15) is 9.18 Å². The highest BCUT2D eigenvalue weighted by atomic mass is 32.2. The van der Waals surface area contributed by atoms with Crippen molar-refractivity contribution in [1.29, 1.82) is 5.26 Å². The van der Waals surface area contributed by atoms with Crippen LogP contribution in [0.1, 0.15) is 12.8 Å². The van der Waals surface area contributed by atoms with E-state index in [0.29, 0.717) is 17.5 Å². The minimum atomic E-state index is -0.494. The lowest BCUT2D eigenvalue weighted by Gasteiger charge is -2.14. The van der Waals surface area contributed by atoms with Gasteiger partial charge < -0.3 is 9.47 Å². The first-order chi connectivity index (χ1) is 12.7. The molecule has 1 aromatic carbocycles. The Labute approximate surface area is 154 Å². The standard InChI is InChI=1S/C17H17FN4O3S/c18-13-5-3-12(4-6-13)16-20-21-17(26-11-15(23)25-9-7-19)22(16)10-14-2-1-8-24-14/h3-6,14H,1-2,8-11H2/t14-/m0/s1. The fourth-order valence-corrected chi connectivity index (χ4v) is 3.39. The number of carbonyl (C=O) groups excluding carboxylic acids is 1. The van der Waals surface area contributed by atoms with E-state index in [0.717, 1.165) is 25.0 Å². The van der Waals surface area contributed by atoms with Crippen molar-refractivity contribution in [2.45, 2.75) is 30.6 Å². The number of rotatable bonds is 7. The van der Waals surface area contributed by atoms with E-state index in [1.165, 1.54) is 23.9 Å². The third kappa shape index (κ3) is 4.59. The van der Waals surface area contributed by atoms with Gasteiger partial charge in [-0.3, -0.25) is 9.36 Å². The van der Waals surface area contributed by atoms with Crippen molar-refractivity contribution in [3.63, 3.8) is 0 Å². The number of hydrogen-bond donors (Lipinski definition) is 0. The molecular weight excluding hydrogens is 359 g/mol. The van der Waals surface area contributed by atoms with E-state index in [1.807, 2.05) is 4.57 Å². The van der Waals surface area contributed by atoms with Crippen LogP contribution in [0.4, 0.5) is 4.39 Å². The van der Waals surface area contributed by atoms with Gasteiger partial charge in [-0.25, -0.2) is 4.39 Å². The molecule has 0 saturated carbocycles. The maximum atomic E-state index is 13.2. The third-order valence-electron chi connectivity index (χ3n) is 3.85. The Balaban J connectivity index is 1.80. The second kappa shape index (κ2) is 8.78. The molecule has 136 valence electrons. The highest BCUT2D eigenvalue weighted by molar-refractivity contribution is 7.99. The van der Waals surface area contributed by atoms with Crippen LogP contribution in [0.5, 0.6) is 0 Å². The zero-order valence-electron chi connectivity index (χ0n) is 13.9. The molecule has 0 amide bonds. The van der Waals surface area contributed by atoms with Crippen molar-refractivity contribution in [3.8, 4) is 17.5 Å². The van der Waals surface area contributed by atoms with E-state index in [1.54, 1.807) is 18.2 Å². The van der Waals surface area contributed by atoms with Gasteiger partial charge in [0, 0.05) is 12.2 Å². The summed E-state index contributed by atoms with van der Waals surface area (Å²) in [7, 11) is 0. The molecule has 0 spiro atoms. The summed E-state index contributed by atoms with van der Waals surface area (Å²) >= 11 is 1.18. The van der Waals surface area contributed by atoms with Gasteiger partial charge in [-0.1, -0.05) is 11.8 Å². The lowest BCUT2D eigenvalue weighted by Crippen LogP contribution is -2.17. The number of aromatic nitrogens is 3. The first-order valence-electron chi connectivity index (χ1n) is 8.13. The summed E-state index contributed by atoms with van der Waals surface area (Å²) in [6.07, 6.45) is 1.99. The Morgan fingerprint density at radius 2 is 2.23 bits per heavy atom. The molecule has 1 aliphatic heterocycles. The molecule has 0 unspecified atom stereocenters. The topological polar surface area (TPSA) is 90.0 Å². The molecule has 0 bridgehead atoms. The first-order valence-corrected chi connectivity index (χ1v) is 9.12. The third-order valence-corrected chi connectivity index (χ3v) is 4.79. The average molecular weight is 376 g/mol. The molecule has 9 heteroatoms. The quantitative estimate of drug-likeness (QED) is 0.541. The monoisotopic (exact) mass is 376 g/mol. The fraction of sp³-hybridized carbons (Fsp3) is 0.412. The summed E-state index contributed by atoms with van der Waals surface area (Å²) in [5.74, 6) is -0.205. The lowest BCUT2D eigenvalue weighted by atomic mass is 10.2. The molecule has 3 rings (SSSR count). The highest BCUT2D eigenvalue weighted by Gasteiger charge is 2.22. The van der Waals surface area contributed by atoms with Crippen molar-refractivity contribution in [2.24, 2.45) is 0 Å². The van der Waals surface area contributed by atoms with E-state index in [4.69, 9.17) is 14.7 Å². The van der Waals surface area contributed by atoms with Crippen LogP contribution in [0.3, 0.4) is 0 Å². The normalized spacial score (nSPS) is 16.4. The van der Waals surface area contributed by atoms with E-state index in [2.05, 4.69) is 10.2 Å². The Morgan fingerprint density at radius 3 is 2.92 bits per heavy atom. The van der Waals surface area contributed by atoms with Crippen molar-refractivity contribution in [2.75, 3.05) is 19.0 Å². The molecular formula is C17H17FN4O3S. The minimum Gasteiger partial charge on any atom is -0.450 e. The number of nitrogens with zero attached hydrogens (tertiary/aromatic N) is 4. The molecule has 1 aliphatic rings. The van der Waals surface area contributed by atoms with Gasteiger partial charge in [0.15, 0.2) is 17.6 Å². The maximum absolute atomic E-state index is 13.2. The summed E-state index contributed by atoms with van der Waals surface area (Å²) < 4.78 is 25.5. The van der Waals surface area contributed by atoms with Crippen molar-refractivity contribution in [1.82, 2.24) is 14.8 Å². The molecule has 2 heterocycles. The number of nitriles is 1. The Bertz CT molecular complexity index is 797. The molecule has 0 N–H and O–H groups in total. The maximum Gasteiger partial charge on any atom is 0.317 e. The number of esters is 1. The molecule has 1 fully saturated rings. The van der Waals surface area contributed by atoms with Gasteiger partial charge in [-0.15, -0.1) is 10.2 Å². The van der Waals surface area contributed by atoms with E-state index >= 15 is 0 Å². The summed E-state index contributed by atoms with van der Waals surface area (Å²) in [6, 6.07) is 7.77. The van der Waals surface area contributed by atoms with Crippen LogP contribution in [0.2, 0.25) is 0 Å². The zero-order chi connectivity index (χ0) is 18.4. The van der Waals surface area contributed by atoms with Gasteiger partial charge >= 0.3 is 5.97 Å². The largest absolute Gasteiger partial charge is 0.450 e. The van der Waals surface area contributed by atoms with Gasteiger partial charge in [0.25, 0.3) is 0 Å². The average Bonchev–Trinajstić information content (AvgIpc) is 3.29. The van der Waals surface area contributed by atoms with Crippen LogP contribution in [0.25, 0.3) is 11.4 Å². The second-order valence-corrected chi connectivity index (χ2v) is 6.61. The SMILES string of the molecule is N#CCOC(=O)CSc1nnc(-c2ccc(F)cc2)n1C[C@@H]1CCCO1. The van der Waals surface area contributed by atoms with Crippen LogP contribution in [0, 0.1) is 17.1 Å². The molecule has 1 saturated heterocycles. The van der Waals surface area contributed by atoms with Gasteiger partial charge in [0.05, 0.1) is 18.4 Å². The minimum absolute atomic E-state index is 0.0226. The summed E-state index contributed by atoms with van der Waals surface area (Å²) in [6.45, 7) is 1.000. The Kier molecular flexibility index (Phi) is 6.20. The van der Waals surface area contributed by atoms with Crippen LogP contribution >= 0.6 is 11.8 Å². The highest BCUT2D eigenvalue weighted by Crippen LogP contribution is 2.26. The molecule has 0 aliphatic carbocycles. The molecule has 0 radical (unpaired) electrons. The smallest absolute Gasteiger partial charge is 0.317 e. The van der Waals surface area contributed by atoms with Gasteiger partial charge in [0.1, 0.15) is 11.9 Å². The number of carbonyl (C=O) groups is 1. The van der Waals surface area contributed by atoms with Crippen LogP contribution in [0.15, 0.2) is 29.4 Å². The Morgan fingerprint density at radius 1 is 1.42 bits per heavy atom. The van der Waals surface area contributed by atoms with Crippen LogP contribution < -0.4 is 0 Å². The van der Waals surface area contributed by atoms with Gasteiger partial charge in [0.2, 0.25) is 0 Å². The Hall–Kier alpha value is -2.44. The summed E-state index contributed by atoms with van der Waals surface area (Å²) in [4.78, 5) is 11.6. The molecule has 1 atom stereocenters. The van der Waals surface area contributed by atoms with Crippen molar-refractivity contribution < 1.29 is 18.7 Å². The summed E-state index contributed by atoms with van der Waals surface area (Å²) in [5, 5.41) is 17.4. The molecule has 7 nitrogen and oxygen atoms in total. The first kappa shape index (κ1) is 18.4. The van der Waals surface area contributed by atoms with Gasteiger partial charge in [-0.2, -0.15) is 5.26 Å². The molecule has 1 aromatic heterocycles. The number of ether oxygens (including phenoxy) is 2. The van der Waals surface area contributed by atoms with E-state index < -0.39 is 5.97 Å². The van der Waals surface area contributed by atoms with Crippen LogP contribution in [-0.2, 0) is 20.8 Å². The fourth-order valence-electron chi connectivity index (χ4n) is 2.64. The van der Waals surface area contributed by atoms with E-state index in [-0.39, 0.29) is 24.3 Å².